The maximum absolute atomic E-state index is 11.0. The van der Waals surface area contributed by atoms with Crippen LogP contribution in [0.3, 0.4) is 0 Å². The van der Waals surface area contributed by atoms with Gasteiger partial charge in [-0.25, -0.2) is 4.98 Å². The molecule has 1 amide bonds. The smallest absolute Gasteiger partial charge is 0.233 e. The van der Waals surface area contributed by atoms with Gasteiger partial charge in [0.2, 0.25) is 5.91 Å². The summed E-state index contributed by atoms with van der Waals surface area (Å²) in [7, 11) is 1.63. The van der Waals surface area contributed by atoms with E-state index < -0.39 is 0 Å². The molecule has 2 N–H and O–H groups in total. The van der Waals surface area contributed by atoms with E-state index in [9.17, 15) is 4.79 Å². The quantitative estimate of drug-likeness (QED) is 0.835. The maximum atomic E-state index is 11.0. The number of aromatic nitrogens is 1. The van der Waals surface area contributed by atoms with Crippen molar-refractivity contribution in [3.05, 3.63) is 16.1 Å². The van der Waals surface area contributed by atoms with Gasteiger partial charge in [0.1, 0.15) is 0 Å². The SMILES string of the molecule is CNC(=O)CNCc1cnc(C(C)(C)C)s1. The van der Waals surface area contributed by atoms with Crippen LogP contribution in [-0.4, -0.2) is 24.5 Å². The topological polar surface area (TPSA) is 54.0 Å². The van der Waals surface area contributed by atoms with E-state index in [-0.39, 0.29) is 11.3 Å². The Kier molecular flexibility index (Phi) is 4.44. The Morgan fingerprint density at radius 2 is 2.19 bits per heavy atom. The Balaban J connectivity index is 2.44. The second-order valence-electron chi connectivity index (χ2n) is 4.66. The van der Waals surface area contributed by atoms with Crippen molar-refractivity contribution in [2.75, 3.05) is 13.6 Å². The highest BCUT2D eigenvalue weighted by Crippen LogP contribution is 2.26. The molecule has 0 aliphatic rings. The Morgan fingerprint density at radius 3 is 2.69 bits per heavy atom. The third kappa shape index (κ3) is 3.90. The molecule has 0 fully saturated rings. The molecule has 90 valence electrons. The van der Waals surface area contributed by atoms with E-state index in [1.54, 1.807) is 18.4 Å². The van der Waals surface area contributed by atoms with Gasteiger partial charge in [0, 0.05) is 30.1 Å². The van der Waals surface area contributed by atoms with E-state index in [1.807, 2.05) is 6.20 Å². The van der Waals surface area contributed by atoms with Crippen LogP contribution in [0.15, 0.2) is 6.20 Å². The van der Waals surface area contributed by atoms with Crippen molar-refractivity contribution in [2.45, 2.75) is 32.7 Å². The first-order valence-corrected chi connectivity index (χ1v) is 6.11. The van der Waals surface area contributed by atoms with Crippen LogP contribution in [0.25, 0.3) is 0 Å². The summed E-state index contributed by atoms with van der Waals surface area (Å²) < 4.78 is 0. The molecule has 1 aromatic rings. The first-order valence-electron chi connectivity index (χ1n) is 5.30. The van der Waals surface area contributed by atoms with E-state index in [0.29, 0.717) is 13.1 Å². The highest BCUT2D eigenvalue weighted by Gasteiger charge is 2.17. The number of thiazole rings is 1. The molecule has 0 aliphatic carbocycles. The maximum Gasteiger partial charge on any atom is 0.233 e. The van der Waals surface area contributed by atoms with Crippen LogP contribution in [0, 0.1) is 0 Å². The predicted octanol–water partition coefficient (Wildman–Crippen LogP) is 1.28. The molecule has 0 saturated heterocycles. The molecule has 1 rings (SSSR count). The van der Waals surface area contributed by atoms with Gasteiger partial charge in [0.15, 0.2) is 0 Å². The monoisotopic (exact) mass is 241 g/mol. The minimum atomic E-state index is 0.000519. The summed E-state index contributed by atoms with van der Waals surface area (Å²) in [5.74, 6) is 0.000519. The number of nitrogens with one attached hydrogen (secondary N) is 2. The van der Waals surface area contributed by atoms with Crippen molar-refractivity contribution in [2.24, 2.45) is 0 Å². The second-order valence-corrected chi connectivity index (χ2v) is 5.77. The first kappa shape index (κ1) is 13.1. The lowest BCUT2D eigenvalue weighted by molar-refractivity contribution is -0.119. The van der Waals surface area contributed by atoms with Gasteiger partial charge in [-0.1, -0.05) is 20.8 Å². The van der Waals surface area contributed by atoms with Crippen LogP contribution >= 0.6 is 11.3 Å². The van der Waals surface area contributed by atoms with E-state index in [0.717, 1.165) is 9.88 Å². The average Bonchev–Trinajstić information content (AvgIpc) is 2.65. The van der Waals surface area contributed by atoms with Crippen molar-refractivity contribution in [3.8, 4) is 0 Å². The molecule has 0 atom stereocenters. The first-order chi connectivity index (χ1) is 7.43. The number of nitrogens with zero attached hydrogens (tertiary/aromatic N) is 1. The van der Waals surface area contributed by atoms with Gasteiger partial charge in [-0.05, 0) is 0 Å². The summed E-state index contributed by atoms with van der Waals surface area (Å²) in [5.41, 5.74) is 0.101. The van der Waals surface area contributed by atoms with Crippen LogP contribution < -0.4 is 10.6 Å². The van der Waals surface area contributed by atoms with Crippen molar-refractivity contribution < 1.29 is 4.79 Å². The summed E-state index contributed by atoms with van der Waals surface area (Å²) in [6.45, 7) is 7.48. The standard InChI is InChI=1S/C11H19N3OS/c1-11(2,3)10-14-6-8(16-10)5-13-7-9(15)12-4/h6,13H,5,7H2,1-4H3,(H,12,15). The molecule has 16 heavy (non-hydrogen) atoms. The fraction of sp³-hybridized carbons (Fsp3) is 0.636. The number of hydrogen-bond acceptors (Lipinski definition) is 4. The summed E-state index contributed by atoms with van der Waals surface area (Å²) in [6.07, 6.45) is 1.88. The molecule has 0 saturated carbocycles. The van der Waals surface area contributed by atoms with Crippen LogP contribution in [-0.2, 0) is 16.8 Å². The highest BCUT2D eigenvalue weighted by molar-refractivity contribution is 7.11. The van der Waals surface area contributed by atoms with E-state index in [1.165, 1.54) is 0 Å². The Bertz CT molecular complexity index is 354. The number of amides is 1. The normalized spacial score (nSPS) is 11.5. The van der Waals surface area contributed by atoms with Crippen LogP contribution in [0.1, 0.15) is 30.7 Å². The zero-order chi connectivity index (χ0) is 12.2. The number of rotatable bonds is 4. The van der Waals surface area contributed by atoms with E-state index in [4.69, 9.17) is 0 Å². The van der Waals surface area contributed by atoms with E-state index in [2.05, 4.69) is 36.4 Å². The van der Waals surface area contributed by atoms with Crippen LogP contribution in [0.5, 0.6) is 0 Å². The van der Waals surface area contributed by atoms with E-state index >= 15 is 0 Å². The molecular formula is C11H19N3OS. The predicted molar refractivity (Wildman–Crippen MR) is 66.6 cm³/mol. The molecule has 0 unspecified atom stereocenters. The van der Waals surface area contributed by atoms with Gasteiger partial charge in [0.05, 0.1) is 11.6 Å². The molecule has 0 aromatic carbocycles. The molecule has 0 spiro atoms. The fourth-order valence-corrected chi connectivity index (χ4v) is 2.06. The lowest BCUT2D eigenvalue weighted by Crippen LogP contribution is -2.30. The van der Waals surface area contributed by atoms with Gasteiger partial charge >= 0.3 is 0 Å². The Hall–Kier alpha value is -0.940. The molecule has 1 aromatic heterocycles. The summed E-state index contributed by atoms with van der Waals surface area (Å²) in [4.78, 5) is 16.5. The van der Waals surface area contributed by atoms with Gasteiger partial charge < -0.3 is 10.6 Å². The summed E-state index contributed by atoms with van der Waals surface area (Å²) in [5, 5.41) is 6.77. The number of hydrogen-bond donors (Lipinski definition) is 2. The number of carbonyl (C=O) groups is 1. The molecule has 4 nitrogen and oxygen atoms in total. The average molecular weight is 241 g/mol. The van der Waals surface area contributed by atoms with Crippen molar-refractivity contribution >= 4 is 17.2 Å². The number of carbonyl (C=O) groups excluding carboxylic acids is 1. The molecule has 1 heterocycles. The lowest BCUT2D eigenvalue weighted by atomic mass is 9.98. The summed E-state index contributed by atoms with van der Waals surface area (Å²) in [6, 6.07) is 0. The molecule has 5 heteroatoms. The van der Waals surface area contributed by atoms with Crippen LogP contribution in [0.2, 0.25) is 0 Å². The highest BCUT2D eigenvalue weighted by atomic mass is 32.1. The largest absolute Gasteiger partial charge is 0.358 e. The van der Waals surface area contributed by atoms with Crippen LogP contribution in [0.4, 0.5) is 0 Å². The minimum absolute atomic E-state index is 0.000519. The lowest BCUT2D eigenvalue weighted by Gasteiger charge is -2.13. The zero-order valence-corrected chi connectivity index (χ0v) is 11.1. The molecule has 0 radical (unpaired) electrons. The zero-order valence-electron chi connectivity index (χ0n) is 10.3. The molecule has 0 bridgehead atoms. The van der Waals surface area contributed by atoms with Gasteiger partial charge in [-0.3, -0.25) is 4.79 Å². The fourth-order valence-electron chi connectivity index (χ4n) is 1.12. The minimum Gasteiger partial charge on any atom is -0.358 e. The third-order valence-corrected chi connectivity index (χ3v) is 3.48. The molecule has 0 aliphatic heterocycles. The third-order valence-electron chi connectivity index (χ3n) is 2.06. The van der Waals surface area contributed by atoms with Crippen molar-refractivity contribution in [1.29, 1.82) is 0 Å². The van der Waals surface area contributed by atoms with Gasteiger partial charge in [-0.2, -0.15) is 0 Å². The van der Waals surface area contributed by atoms with Crippen molar-refractivity contribution in [1.82, 2.24) is 15.6 Å². The van der Waals surface area contributed by atoms with Gasteiger partial charge in [-0.15, -0.1) is 11.3 Å². The second kappa shape index (κ2) is 5.41. The van der Waals surface area contributed by atoms with Crippen molar-refractivity contribution in [3.63, 3.8) is 0 Å². The summed E-state index contributed by atoms with van der Waals surface area (Å²) >= 11 is 1.69. The Labute approximate surface area is 100 Å². The Morgan fingerprint density at radius 1 is 1.50 bits per heavy atom. The number of likely N-dealkylation sites (N-methyl/N-ethyl adjacent to an activating group) is 1. The molecular weight excluding hydrogens is 222 g/mol. The van der Waals surface area contributed by atoms with Gasteiger partial charge in [0.25, 0.3) is 0 Å².